The number of anilines is 1. The molecule has 2 aliphatic rings. The minimum Gasteiger partial charge on any atom is -0.504 e. The van der Waals surface area contributed by atoms with Crippen molar-refractivity contribution in [3.63, 3.8) is 0 Å². The predicted molar refractivity (Wildman–Crippen MR) is 82.3 cm³/mol. The molecule has 0 unspecified atom stereocenters. The lowest BCUT2D eigenvalue weighted by molar-refractivity contribution is 0.0420. The van der Waals surface area contributed by atoms with Crippen molar-refractivity contribution in [2.75, 3.05) is 26.1 Å². The number of aromatic hydroxyl groups is 1. The summed E-state index contributed by atoms with van der Waals surface area (Å²) in [5.41, 5.74) is 2.26. The lowest BCUT2D eigenvalue weighted by Crippen LogP contribution is -2.44. The minimum atomic E-state index is -0.324. The largest absolute Gasteiger partial charge is 0.504 e. The number of carbonyl (C=O) groups is 1. The van der Waals surface area contributed by atoms with E-state index in [1.54, 1.807) is 13.2 Å². The topological polar surface area (TPSA) is 71.0 Å². The normalized spacial score (nSPS) is 25.5. The molecule has 0 aliphatic carbocycles. The van der Waals surface area contributed by atoms with Gasteiger partial charge in [-0.3, -0.25) is 4.79 Å². The Balaban J connectivity index is 2.09. The highest BCUT2D eigenvalue weighted by Gasteiger charge is 2.41. The Morgan fingerprint density at radius 3 is 2.82 bits per heavy atom. The van der Waals surface area contributed by atoms with Gasteiger partial charge in [-0.2, -0.15) is 0 Å². The zero-order chi connectivity index (χ0) is 15.9. The first-order valence-electron chi connectivity index (χ1n) is 7.24. The van der Waals surface area contributed by atoms with E-state index in [1.165, 1.54) is 18.7 Å². The fourth-order valence-corrected chi connectivity index (χ4v) is 3.13. The smallest absolute Gasteiger partial charge is 0.256 e. The third-order valence-corrected chi connectivity index (χ3v) is 4.36. The lowest BCUT2D eigenvalue weighted by Gasteiger charge is -2.27. The molecular formula is C16H20N2O4. The lowest BCUT2D eigenvalue weighted by atomic mass is 10.1. The standard InChI is InChI=1S/C16H20N2O4/c1-4-9-5-12-15(22-3)17-11-7-13(19)14(21-2)6-10(11)16(20)18(12)8-9/h4,6-7,12,15,17,19H,5,8H2,1-3H3/b9-4+/t12-,15+/m1/s1. The van der Waals surface area contributed by atoms with E-state index in [1.807, 2.05) is 17.9 Å². The van der Waals surface area contributed by atoms with Crippen LogP contribution < -0.4 is 10.1 Å². The molecule has 118 valence electrons. The van der Waals surface area contributed by atoms with Crippen molar-refractivity contribution in [1.82, 2.24) is 4.90 Å². The molecule has 2 atom stereocenters. The monoisotopic (exact) mass is 304 g/mol. The third kappa shape index (κ3) is 2.20. The molecule has 1 aromatic carbocycles. The van der Waals surface area contributed by atoms with Gasteiger partial charge in [0.15, 0.2) is 11.5 Å². The first-order chi connectivity index (χ1) is 10.6. The van der Waals surface area contributed by atoms with Crippen LogP contribution in [0.3, 0.4) is 0 Å². The van der Waals surface area contributed by atoms with E-state index < -0.39 is 0 Å². The quantitative estimate of drug-likeness (QED) is 0.817. The van der Waals surface area contributed by atoms with Crippen molar-refractivity contribution in [3.8, 4) is 11.5 Å². The molecule has 0 radical (unpaired) electrons. The van der Waals surface area contributed by atoms with E-state index in [-0.39, 0.29) is 29.7 Å². The summed E-state index contributed by atoms with van der Waals surface area (Å²) in [6.45, 7) is 2.58. The molecule has 3 rings (SSSR count). The summed E-state index contributed by atoms with van der Waals surface area (Å²) in [4.78, 5) is 14.7. The summed E-state index contributed by atoms with van der Waals surface area (Å²) in [6, 6.07) is 3.02. The Labute approximate surface area is 129 Å². The number of benzene rings is 1. The average molecular weight is 304 g/mol. The third-order valence-electron chi connectivity index (χ3n) is 4.36. The summed E-state index contributed by atoms with van der Waals surface area (Å²) >= 11 is 0. The molecule has 6 heteroatoms. The number of phenolic OH excluding ortho intramolecular Hbond substituents is 1. The number of fused-ring (bicyclic) bond motifs is 2. The number of nitrogens with zero attached hydrogens (tertiary/aromatic N) is 1. The number of carbonyl (C=O) groups excluding carboxylic acids is 1. The molecule has 1 amide bonds. The second kappa shape index (κ2) is 5.53. The van der Waals surface area contributed by atoms with E-state index in [2.05, 4.69) is 5.32 Å². The molecular weight excluding hydrogens is 284 g/mol. The number of rotatable bonds is 2. The summed E-state index contributed by atoms with van der Waals surface area (Å²) < 4.78 is 10.7. The van der Waals surface area contributed by atoms with Crippen molar-refractivity contribution >= 4 is 11.6 Å². The van der Waals surface area contributed by atoms with E-state index in [0.717, 1.165) is 6.42 Å². The fourth-order valence-electron chi connectivity index (χ4n) is 3.13. The summed E-state index contributed by atoms with van der Waals surface area (Å²) in [7, 11) is 3.08. The van der Waals surface area contributed by atoms with Gasteiger partial charge >= 0.3 is 0 Å². The summed E-state index contributed by atoms with van der Waals surface area (Å²) in [5, 5.41) is 13.2. The number of amides is 1. The van der Waals surface area contributed by atoms with Crippen LogP contribution >= 0.6 is 0 Å². The first kappa shape index (κ1) is 14.7. The number of nitrogens with one attached hydrogen (secondary N) is 1. The molecule has 2 aliphatic heterocycles. The van der Waals surface area contributed by atoms with Crippen LogP contribution in [0.1, 0.15) is 23.7 Å². The second-order valence-electron chi connectivity index (χ2n) is 5.52. The van der Waals surface area contributed by atoms with Crippen LogP contribution in [0.2, 0.25) is 0 Å². The molecule has 0 bridgehead atoms. The maximum Gasteiger partial charge on any atom is 0.256 e. The molecule has 0 aromatic heterocycles. The Morgan fingerprint density at radius 1 is 1.41 bits per heavy atom. The molecule has 2 N–H and O–H groups in total. The first-order valence-corrected chi connectivity index (χ1v) is 7.24. The zero-order valence-electron chi connectivity index (χ0n) is 12.9. The van der Waals surface area contributed by atoms with E-state index in [9.17, 15) is 9.90 Å². The fraction of sp³-hybridized carbons (Fsp3) is 0.438. The maximum absolute atomic E-state index is 12.9. The number of phenols is 1. The molecule has 0 saturated carbocycles. The van der Waals surface area contributed by atoms with Gasteiger partial charge in [-0.15, -0.1) is 0 Å². The van der Waals surface area contributed by atoms with Gasteiger partial charge in [0.25, 0.3) is 5.91 Å². The van der Waals surface area contributed by atoms with Gasteiger partial charge in [-0.05, 0) is 19.4 Å². The van der Waals surface area contributed by atoms with Gasteiger partial charge in [0, 0.05) is 19.7 Å². The highest BCUT2D eigenvalue weighted by atomic mass is 16.5. The van der Waals surface area contributed by atoms with Gasteiger partial charge in [-0.25, -0.2) is 0 Å². The van der Waals surface area contributed by atoms with Gasteiger partial charge < -0.3 is 24.8 Å². The van der Waals surface area contributed by atoms with Crippen LogP contribution in [0, 0.1) is 0 Å². The van der Waals surface area contributed by atoms with E-state index in [4.69, 9.17) is 9.47 Å². The average Bonchev–Trinajstić information content (AvgIpc) is 2.92. The highest BCUT2D eigenvalue weighted by molar-refractivity contribution is 6.02. The van der Waals surface area contributed by atoms with Crippen LogP contribution in [0.25, 0.3) is 0 Å². The molecule has 2 heterocycles. The van der Waals surface area contributed by atoms with Crippen molar-refractivity contribution < 1.29 is 19.4 Å². The van der Waals surface area contributed by atoms with Gasteiger partial charge in [0.1, 0.15) is 6.23 Å². The Kier molecular flexibility index (Phi) is 3.70. The number of ether oxygens (including phenoxy) is 2. The minimum absolute atomic E-state index is 0.00685. The van der Waals surface area contributed by atoms with Crippen LogP contribution in [-0.4, -0.2) is 48.9 Å². The van der Waals surface area contributed by atoms with Gasteiger partial charge in [0.05, 0.1) is 24.4 Å². The number of hydrogen-bond donors (Lipinski definition) is 2. The predicted octanol–water partition coefficient (Wildman–Crippen LogP) is 1.96. The Hall–Kier alpha value is -2.21. The Bertz CT molecular complexity index is 641. The highest BCUT2D eigenvalue weighted by Crippen LogP contribution is 2.38. The van der Waals surface area contributed by atoms with Crippen molar-refractivity contribution in [2.45, 2.75) is 25.6 Å². The summed E-state index contributed by atoms with van der Waals surface area (Å²) in [5.74, 6) is 0.196. The Morgan fingerprint density at radius 2 is 2.18 bits per heavy atom. The van der Waals surface area contributed by atoms with Crippen molar-refractivity contribution in [1.29, 1.82) is 0 Å². The number of hydrogen-bond acceptors (Lipinski definition) is 5. The van der Waals surface area contributed by atoms with Crippen LogP contribution in [-0.2, 0) is 4.74 Å². The van der Waals surface area contributed by atoms with E-state index >= 15 is 0 Å². The second-order valence-corrected chi connectivity index (χ2v) is 5.52. The van der Waals surface area contributed by atoms with E-state index in [0.29, 0.717) is 17.8 Å². The van der Waals surface area contributed by atoms with Crippen LogP contribution in [0.5, 0.6) is 11.5 Å². The van der Waals surface area contributed by atoms with Crippen LogP contribution in [0.4, 0.5) is 5.69 Å². The number of allylic oxidation sites excluding steroid dienone is 1. The molecule has 1 fully saturated rings. The number of methoxy groups -OCH3 is 2. The SMILES string of the molecule is C/C=C1\C[C@@H]2[C@H](OC)Nc3cc(O)c(OC)cc3C(=O)N2C1. The zero-order valence-corrected chi connectivity index (χ0v) is 12.9. The molecule has 1 aromatic rings. The van der Waals surface area contributed by atoms with Crippen molar-refractivity contribution in [2.24, 2.45) is 0 Å². The van der Waals surface area contributed by atoms with Gasteiger partial charge in [0.2, 0.25) is 0 Å². The molecule has 22 heavy (non-hydrogen) atoms. The maximum atomic E-state index is 12.9. The molecule has 6 nitrogen and oxygen atoms in total. The molecule has 0 spiro atoms. The van der Waals surface area contributed by atoms with Crippen molar-refractivity contribution in [3.05, 3.63) is 29.3 Å². The van der Waals surface area contributed by atoms with Crippen LogP contribution in [0.15, 0.2) is 23.8 Å². The molecule has 1 saturated heterocycles. The van der Waals surface area contributed by atoms with Gasteiger partial charge in [-0.1, -0.05) is 11.6 Å². The summed E-state index contributed by atoms with van der Waals surface area (Å²) in [6.07, 6.45) is 2.51.